The molecule has 1 unspecified atom stereocenters. The van der Waals surface area contributed by atoms with Crippen LogP contribution in [0.3, 0.4) is 0 Å². The Balaban J connectivity index is 1.74. The molecule has 2 aliphatic rings. The summed E-state index contributed by atoms with van der Waals surface area (Å²) in [5.74, 6) is 0. The zero-order chi connectivity index (χ0) is 20.9. The Kier molecular flexibility index (Phi) is 5.66. The van der Waals surface area contributed by atoms with Crippen molar-refractivity contribution in [1.82, 2.24) is 14.5 Å². The van der Waals surface area contributed by atoms with E-state index in [4.69, 9.17) is 14.0 Å². The maximum atomic E-state index is 12.5. The number of ether oxygens (including phenoxy) is 1. The second-order valence-corrected chi connectivity index (χ2v) is 10.4. The first-order valence-corrected chi connectivity index (χ1v) is 10.7. The number of hydrogen-bond donors (Lipinski definition) is 0. The van der Waals surface area contributed by atoms with Gasteiger partial charge in [0.2, 0.25) is 0 Å². The lowest BCUT2D eigenvalue weighted by Gasteiger charge is -2.34. The largest absolute Gasteiger partial charge is 0.516 e. The van der Waals surface area contributed by atoms with Crippen molar-refractivity contribution in [3.8, 4) is 0 Å². The molecule has 3 heterocycles. The van der Waals surface area contributed by atoms with Crippen LogP contribution in [-0.4, -0.2) is 57.6 Å². The van der Waals surface area contributed by atoms with Gasteiger partial charge in [0, 0.05) is 19.3 Å². The molecule has 0 radical (unpaired) electrons. The number of carbonyl (C=O) groups excluding carboxylic acids is 1. The minimum absolute atomic E-state index is 0.124. The summed E-state index contributed by atoms with van der Waals surface area (Å²) in [6.07, 6.45) is 3.59. The number of hydrogen-bond acceptors (Lipinski definition) is 5. The number of amides is 1. The van der Waals surface area contributed by atoms with Gasteiger partial charge in [0.05, 0.1) is 22.8 Å². The van der Waals surface area contributed by atoms with E-state index in [0.717, 1.165) is 18.4 Å². The zero-order valence-electron chi connectivity index (χ0n) is 17.9. The number of likely N-dealkylation sites (tertiary alicyclic amines) is 1. The molecule has 0 aromatic carbocycles. The van der Waals surface area contributed by atoms with Gasteiger partial charge in [-0.2, -0.15) is 0 Å². The summed E-state index contributed by atoms with van der Waals surface area (Å²) in [7, 11) is -0.506. The van der Waals surface area contributed by atoms with Crippen LogP contribution in [0.15, 0.2) is 10.9 Å². The lowest BCUT2D eigenvalue weighted by molar-refractivity contribution is 0.00578. The highest BCUT2D eigenvalue weighted by atomic mass is 79.9. The minimum atomic E-state index is -0.506. The average molecular weight is 456 g/mol. The lowest BCUT2D eigenvalue weighted by Crippen LogP contribution is -2.43. The van der Waals surface area contributed by atoms with Gasteiger partial charge in [-0.25, -0.2) is 9.78 Å². The Morgan fingerprint density at radius 1 is 1.29 bits per heavy atom. The number of rotatable bonds is 2. The molecule has 1 aromatic heterocycles. The number of nitrogens with zero attached hydrogens (tertiary/aromatic N) is 3. The van der Waals surface area contributed by atoms with Crippen LogP contribution in [0.1, 0.15) is 67.3 Å². The molecule has 156 valence electrons. The average Bonchev–Trinajstić information content (AvgIpc) is 3.03. The van der Waals surface area contributed by atoms with Gasteiger partial charge in [-0.1, -0.05) is 0 Å². The molecule has 9 heteroatoms. The normalized spacial score (nSPS) is 24.5. The van der Waals surface area contributed by atoms with E-state index in [9.17, 15) is 4.79 Å². The molecule has 0 spiro atoms. The van der Waals surface area contributed by atoms with E-state index in [1.807, 2.05) is 54.7 Å². The third-order valence-electron chi connectivity index (χ3n) is 5.64. The van der Waals surface area contributed by atoms with Gasteiger partial charge in [0.1, 0.15) is 5.60 Å². The highest BCUT2D eigenvalue weighted by Crippen LogP contribution is 2.36. The van der Waals surface area contributed by atoms with Gasteiger partial charge in [0.15, 0.2) is 4.73 Å². The molecule has 3 rings (SSSR count). The predicted molar refractivity (Wildman–Crippen MR) is 112 cm³/mol. The lowest BCUT2D eigenvalue weighted by atomic mass is 9.86. The molecule has 7 nitrogen and oxygen atoms in total. The molecular formula is C19H31BBrN3O4. The number of halogens is 1. The van der Waals surface area contributed by atoms with E-state index in [0.29, 0.717) is 17.8 Å². The predicted octanol–water partition coefficient (Wildman–Crippen LogP) is 3.52. The Morgan fingerprint density at radius 2 is 1.89 bits per heavy atom. The molecule has 0 bridgehead atoms. The van der Waals surface area contributed by atoms with Crippen molar-refractivity contribution in [2.24, 2.45) is 0 Å². The first kappa shape index (κ1) is 21.6. The molecule has 0 saturated carbocycles. The summed E-state index contributed by atoms with van der Waals surface area (Å²) in [6.45, 7) is 15.1. The molecule has 2 saturated heterocycles. The van der Waals surface area contributed by atoms with Crippen molar-refractivity contribution in [2.45, 2.75) is 84.2 Å². The summed E-state index contributed by atoms with van der Waals surface area (Å²) in [4.78, 5) is 18.9. The maximum absolute atomic E-state index is 12.5. The van der Waals surface area contributed by atoms with Crippen molar-refractivity contribution < 1.29 is 18.8 Å². The minimum Gasteiger partial charge on any atom is -0.444 e. The molecular weight excluding hydrogens is 425 g/mol. The van der Waals surface area contributed by atoms with Crippen molar-refractivity contribution in [3.63, 3.8) is 0 Å². The van der Waals surface area contributed by atoms with Gasteiger partial charge < -0.3 is 23.5 Å². The molecule has 1 atom stereocenters. The number of piperidine rings is 1. The van der Waals surface area contributed by atoms with E-state index >= 15 is 0 Å². The number of aromatic nitrogens is 2. The Bertz CT molecular complexity index is 728. The number of carbonyl (C=O) groups is 1. The summed E-state index contributed by atoms with van der Waals surface area (Å²) in [5.41, 5.74) is -0.581. The van der Waals surface area contributed by atoms with Gasteiger partial charge in [-0.15, -0.1) is 0 Å². The van der Waals surface area contributed by atoms with Crippen molar-refractivity contribution in [3.05, 3.63) is 10.9 Å². The summed E-state index contributed by atoms with van der Waals surface area (Å²) >= 11 is 3.57. The smallest absolute Gasteiger partial charge is 0.444 e. The molecule has 0 aliphatic carbocycles. The van der Waals surface area contributed by atoms with Gasteiger partial charge >= 0.3 is 13.2 Å². The second-order valence-electron chi connectivity index (χ2n) is 9.65. The number of imidazole rings is 1. The SMILES string of the molecule is CC(C)(C)OC(=O)N1CCCC(n2cc(B3OC(C)(C)C(C)(C)O3)nc2Br)C1. The van der Waals surface area contributed by atoms with Crippen LogP contribution in [0.4, 0.5) is 4.79 Å². The van der Waals surface area contributed by atoms with Crippen LogP contribution >= 0.6 is 15.9 Å². The van der Waals surface area contributed by atoms with E-state index < -0.39 is 23.9 Å². The molecule has 2 fully saturated rings. The van der Waals surface area contributed by atoms with Gasteiger partial charge in [-0.3, -0.25) is 0 Å². The van der Waals surface area contributed by atoms with Crippen LogP contribution in [-0.2, 0) is 14.0 Å². The Hall–Kier alpha value is -1.06. The third kappa shape index (κ3) is 4.41. The fraction of sp³-hybridized carbons (Fsp3) is 0.789. The molecule has 2 aliphatic heterocycles. The topological polar surface area (TPSA) is 65.8 Å². The standard InChI is InChI=1S/C19H31BBrN3O4/c1-17(2,3)26-16(25)23-10-8-9-13(11-23)24-12-14(22-15(24)21)20-27-18(4,5)19(6,7)28-20/h12-13H,8-11H2,1-7H3. The monoisotopic (exact) mass is 455 g/mol. The highest BCUT2D eigenvalue weighted by molar-refractivity contribution is 9.10. The van der Waals surface area contributed by atoms with Crippen LogP contribution in [0.5, 0.6) is 0 Å². The molecule has 1 aromatic rings. The van der Waals surface area contributed by atoms with E-state index in [2.05, 4.69) is 25.5 Å². The van der Waals surface area contributed by atoms with Crippen LogP contribution in [0.25, 0.3) is 0 Å². The van der Waals surface area contributed by atoms with Crippen LogP contribution in [0, 0.1) is 0 Å². The Labute approximate surface area is 176 Å². The quantitative estimate of drug-likeness (QED) is 0.638. The fourth-order valence-electron chi connectivity index (χ4n) is 3.40. The molecule has 28 heavy (non-hydrogen) atoms. The van der Waals surface area contributed by atoms with Crippen molar-refractivity contribution >= 4 is 34.7 Å². The van der Waals surface area contributed by atoms with Crippen molar-refractivity contribution in [2.75, 3.05) is 13.1 Å². The first-order valence-electron chi connectivity index (χ1n) is 9.87. The van der Waals surface area contributed by atoms with E-state index in [-0.39, 0.29) is 12.1 Å². The summed E-state index contributed by atoms with van der Waals surface area (Å²) in [6, 6.07) is 0.124. The van der Waals surface area contributed by atoms with E-state index in [1.165, 1.54) is 0 Å². The van der Waals surface area contributed by atoms with E-state index in [1.54, 1.807) is 4.90 Å². The molecule has 0 N–H and O–H groups in total. The first-order chi connectivity index (χ1) is 12.8. The van der Waals surface area contributed by atoms with Gasteiger partial charge in [0.25, 0.3) is 0 Å². The third-order valence-corrected chi connectivity index (χ3v) is 6.23. The second kappa shape index (κ2) is 7.33. The Morgan fingerprint density at radius 3 is 2.46 bits per heavy atom. The summed E-state index contributed by atoms with van der Waals surface area (Å²) in [5, 5.41) is 0. The molecule has 1 amide bonds. The highest BCUT2D eigenvalue weighted by Gasteiger charge is 2.52. The fourth-order valence-corrected chi connectivity index (χ4v) is 3.99. The zero-order valence-corrected chi connectivity index (χ0v) is 19.5. The van der Waals surface area contributed by atoms with Crippen molar-refractivity contribution in [1.29, 1.82) is 0 Å². The van der Waals surface area contributed by atoms with Gasteiger partial charge in [-0.05, 0) is 77.2 Å². The van der Waals surface area contributed by atoms with Crippen LogP contribution < -0.4 is 5.59 Å². The maximum Gasteiger partial charge on any atom is 0.516 e. The summed E-state index contributed by atoms with van der Waals surface area (Å²) < 4.78 is 20.5. The van der Waals surface area contributed by atoms with Crippen LogP contribution in [0.2, 0.25) is 0 Å².